The zero-order valence-electron chi connectivity index (χ0n) is 13.9. The minimum Gasteiger partial charge on any atom is -0.451 e. The van der Waals surface area contributed by atoms with Crippen LogP contribution in [0.2, 0.25) is 5.02 Å². The zero-order chi connectivity index (χ0) is 18.1. The maximum atomic E-state index is 12.7. The van der Waals surface area contributed by atoms with Crippen molar-refractivity contribution in [3.05, 3.63) is 58.9 Å². The molecule has 0 spiro atoms. The van der Waals surface area contributed by atoms with Crippen LogP contribution in [-0.2, 0) is 0 Å². The first-order valence-electron chi connectivity index (χ1n) is 8.24. The van der Waals surface area contributed by atoms with Crippen molar-refractivity contribution in [2.45, 2.75) is 0 Å². The van der Waals surface area contributed by atoms with Crippen molar-refractivity contribution in [1.82, 2.24) is 9.88 Å². The number of aromatic nitrogens is 1. The number of piperazine rings is 1. The van der Waals surface area contributed by atoms with Crippen molar-refractivity contribution in [2.24, 2.45) is 0 Å². The Morgan fingerprint density at radius 1 is 1.19 bits per heavy atom. The van der Waals surface area contributed by atoms with E-state index in [1.54, 1.807) is 47.5 Å². The summed E-state index contributed by atoms with van der Waals surface area (Å²) in [6, 6.07) is 12.7. The summed E-state index contributed by atoms with van der Waals surface area (Å²) in [5.74, 6) is 0.838. The Balaban J connectivity index is 1.48. The lowest BCUT2D eigenvalue weighted by Gasteiger charge is -2.35. The molecule has 1 aliphatic rings. The Kier molecular flexibility index (Phi) is 4.23. The van der Waals surface area contributed by atoms with Crippen molar-refractivity contribution in [1.29, 1.82) is 5.26 Å². The second kappa shape index (κ2) is 6.70. The highest BCUT2D eigenvalue weighted by Gasteiger charge is 2.26. The molecule has 0 aliphatic carbocycles. The number of fused-ring (bicyclic) bond motifs is 1. The number of rotatable bonds is 2. The van der Waals surface area contributed by atoms with Crippen LogP contribution in [0.3, 0.4) is 0 Å². The molecule has 0 atom stereocenters. The van der Waals surface area contributed by atoms with Crippen LogP contribution in [0.4, 0.5) is 5.82 Å². The molecule has 1 fully saturated rings. The number of furan rings is 1. The molecule has 0 bridgehead atoms. The lowest BCUT2D eigenvalue weighted by atomic mass is 10.2. The summed E-state index contributed by atoms with van der Waals surface area (Å²) in [7, 11) is 0. The third kappa shape index (κ3) is 2.98. The van der Waals surface area contributed by atoms with Crippen LogP contribution < -0.4 is 4.90 Å². The molecule has 26 heavy (non-hydrogen) atoms. The van der Waals surface area contributed by atoms with Gasteiger partial charge >= 0.3 is 0 Å². The molecule has 1 amide bonds. The number of hydrogen-bond donors (Lipinski definition) is 0. The Labute approximate surface area is 155 Å². The van der Waals surface area contributed by atoms with Gasteiger partial charge in [0.15, 0.2) is 5.76 Å². The predicted molar refractivity (Wildman–Crippen MR) is 98.3 cm³/mol. The number of carbonyl (C=O) groups excluding carboxylic acids is 1. The van der Waals surface area contributed by atoms with Crippen molar-refractivity contribution in [3.8, 4) is 6.07 Å². The fraction of sp³-hybridized carbons (Fsp3) is 0.211. The van der Waals surface area contributed by atoms with Crippen molar-refractivity contribution in [3.63, 3.8) is 0 Å². The van der Waals surface area contributed by atoms with E-state index in [0.717, 1.165) is 5.39 Å². The Hall–Kier alpha value is -3.04. The maximum Gasteiger partial charge on any atom is 0.289 e. The lowest BCUT2D eigenvalue weighted by Crippen LogP contribution is -2.49. The molecule has 0 saturated carbocycles. The first kappa shape index (κ1) is 16.4. The van der Waals surface area contributed by atoms with E-state index in [9.17, 15) is 10.1 Å². The van der Waals surface area contributed by atoms with Gasteiger partial charge < -0.3 is 14.2 Å². The molecule has 0 radical (unpaired) electrons. The summed E-state index contributed by atoms with van der Waals surface area (Å²) >= 11 is 5.98. The highest BCUT2D eigenvalue weighted by Crippen LogP contribution is 2.25. The van der Waals surface area contributed by atoms with Gasteiger partial charge in [-0.05, 0) is 36.4 Å². The van der Waals surface area contributed by atoms with E-state index < -0.39 is 0 Å². The number of halogens is 1. The molecule has 1 aliphatic heterocycles. The third-order valence-corrected chi connectivity index (χ3v) is 4.70. The standard InChI is InChI=1S/C19H15ClN4O2/c20-15-3-4-16-14(10-15)11-17(26-16)19(25)24-8-6-23(7-9-24)18-13(12-21)2-1-5-22-18/h1-5,10-11H,6-9H2. The zero-order valence-corrected chi connectivity index (χ0v) is 14.6. The molecule has 130 valence electrons. The largest absolute Gasteiger partial charge is 0.451 e. The van der Waals surface area contributed by atoms with E-state index in [1.165, 1.54) is 0 Å². The number of nitriles is 1. The van der Waals surface area contributed by atoms with Gasteiger partial charge in [-0.1, -0.05) is 11.6 Å². The highest BCUT2D eigenvalue weighted by molar-refractivity contribution is 6.31. The minimum atomic E-state index is -0.140. The smallest absolute Gasteiger partial charge is 0.289 e. The molecule has 7 heteroatoms. The minimum absolute atomic E-state index is 0.140. The number of anilines is 1. The van der Waals surface area contributed by atoms with Crippen molar-refractivity contribution < 1.29 is 9.21 Å². The lowest BCUT2D eigenvalue weighted by molar-refractivity contribution is 0.0717. The molecule has 4 rings (SSSR count). The second-order valence-corrected chi connectivity index (χ2v) is 6.49. The number of pyridine rings is 1. The molecular formula is C19H15ClN4O2. The van der Waals surface area contributed by atoms with Gasteiger partial charge in [-0.25, -0.2) is 4.98 Å². The normalized spacial score (nSPS) is 14.5. The van der Waals surface area contributed by atoms with Gasteiger partial charge in [0.25, 0.3) is 5.91 Å². The van der Waals surface area contributed by atoms with Crippen LogP contribution in [-0.4, -0.2) is 42.0 Å². The predicted octanol–water partition coefficient (Wildman–Crippen LogP) is 3.32. The summed E-state index contributed by atoms with van der Waals surface area (Å²) in [5.41, 5.74) is 1.19. The summed E-state index contributed by atoms with van der Waals surface area (Å²) < 4.78 is 5.67. The van der Waals surface area contributed by atoms with Gasteiger partial charge in [-0.2, -0.15) is 5.26 Å². The number of carbonyl (C=O) groups is 1. The van der Waals surface area contributed by atoms with E-state index in [1.807, 2.05) is 4.90 Å². The number of hydrogen-bond acceptors (Lipinski definition) is 5. The Morgan fingerprint density at radius 2 is 2.00 bits per heavy atom. The Morgan fingerprint density at radius 3 is 2.77 bits per heavy atom. The van der Waals surface area contributed by atoms with Crippen LogP contribution in [0.15, 0.2) is 47.0 Å². The van der Waals surface area contributed by atoms with Gasteiger partial charge in [0.1, 0.15) is 17.5 Å². The van der Waals surface area contributed by atoms with Crippen LogP contribution in [0.1, 0.15) is 16.1 Å². The molecular weight excluding hydrogens is 352 g/mol. The van der Waals surface area contributed by atoms with E-state index >= 15 is 0 Å². The molecule has 0 unspecified atom stereocenters. The molecule has 2 aromatic heterocycles. The van der Waals surface area contributed by atoms with Gasteiger partial charge in [0.2, 0.25) is 0 Å². The fourth-order valence-electron chi connectivity index (χ4n) is 3.13. The fourth-order valence-corrected chi connectivity index (χ4v) is 3.31. The monoisotopic (exact) mass is 366 g/mol. The second-order valence-electron chi connectivity index (χ2n) is 6.06. The van der Waals surface area contributed by atoms with Crippen LogP contribution >= 0.6 is 11.6 Å². The third-order valence-electron chi connectivity index (χ3n) is 4.46. The summed E-state index contributed by atoms with van der Waals surface area (Å²) in [5, 5.41) is 10.6. The number of benzene rings is 1. The van der Waals surface area contributed by atoms with Gasteiger partial charge in [0.05, 0.1) is 5.56 Å². The highest BCUT2D eigenvalue weighted by atomic mass is 35.5. The Bertz CT molecular complexity index is 1020. The summed E-state index contributed by atoms with van der Waals surface area (Å²) in [6.45, 7) is 2.31. The average molecular weight is 367 g/mol. The van der Waals surface area contributed by atoms with E-state index in [4.69, 9.17) is 16.0 Å². The SMILES string of the molecule is N#Cc1cccnc1N1CCN(C(=O)c2cc3cc(Cl)ccc3o2)CC1. The van der Waals surface area contributed by atoms with Crippen LogP contribution in [0, 0.1) is 11.3 Å². The average Bonchev–Trinajstić information content (AvgIpc) is 3.10. The van der Waals surface area contributed by atoms with Crippen molar-refractivity contribution >= 4 is 34.3 Å². The van der Waals surface area contributed by atoms with Crippen LogP contribution in [0.25, 0.3) is 11.0 Å². The quantitative estimate of drug-likeness (QED) is 0.695. The maximum absolute atomic E-state index is 12.7. The molecule has 1 saturated heterocycles. The summed E-state index contributed by atoms with van der Waals surface area (Å²) in [6.07, 6.45) is 1.67. The van der Waals surface area contributed by atoms with E-state index in [2.05, 4.69) is 11.1 Å². The van der Waals surface area contributed by atoms with Gasteiger partial charge in [-0.15, -0.1) is 0 Å². The molecule has 3 aromatic rings. The van der Waals surface area contributed by atoms with Gasteiger partial charge in [0, 0.05) is 42.8 Å². The topological polar surface area (TPSA) is 73.4 Å². The first-order valence-corrected chi connectivity index (χ1v) is 8.62. The summed E-state index contributed by atoms with van der Waals surface area (Å²) in [4.78, 5) is 20.8. The van der Waals surface area contributed by atoms with Gasteiger partial charge in [-0.3, -0.25) is 4.79 Å². The van der Waals surface area contributed by atoms with E-state index in [-0.39, 0.29) is 5.91 Å². The molecule has 6 nitrogen and oxygen atoms in total. The van der Waals surface area contributed by atoms with Crippen molar-refractivity contribution in [2.75, 3.05) is 31.1 Å². The van der Waals surface area contributed by atoms with E-state index in [0.29, 0.717) is 53.9 Å². The molecule has 3 heterocycles. The molecule has 1 aromatic carbocycles. The number of nitrogens with zero attached hydrogens (tertiary/aromatic N) is 4. The number of amides is 1. The van der Waals surface area contributed by atoms with Crippen LogP contribution in [0.5, 0.6) is 0 Å². The molecule has 0 N–H and O–H groups in total. The first-order chi connectivity index (χ1) is 12.7.